The molecule has 1 atom stereocenters. The number of hydrogen-bond acceptors (Lipinski definition) is 12. The van der Waals surface area contributed by atoms with Crippen LogP contribution in [0.4, 0.5) is 5.82 Å². The van der Waals surface area contributed by atoms with Crippen molar-refractivity contribution in [1.29, 1.82) is 10.5 Å². The fourth-order valence-electron chi connectivity index (χ4n) is 4.61. The lowest BCUT2D eigenvalue weighted by Crippen LogP contribution is -2.27. The number of anilines is 1. The number of carbonyl (C=O) groups is 1. The van der Waals surface area contributed by atoms with Gasteiger partial charge in [-0.1, -0.05) is 91.5 Å². The Bertz CT molecular complexity index is 1970. The van der Waals surface area contributed by atoms with Gasteiger partial charge in [0.05, 0.1) is 30.6 Å². The molecule has 1 unspecified atom stereocenters. The summed E-state index contributed by atoms with van der Waals surface area (Å²) in [5.74, 6) is -0.485. The molecule has 0 aliphatic heterocycles. The van der Waals surface area contributed by atoms with Crippen LogP contribution in [-0.4, -0.2) is 39.7 Å². The summed E-state index contributed by atoms with van der Waals surface area (Å²) in [5.41, 5.74) is 2.54. The molecule has 1 heterocycles. The normalized spacial score (nSPS) is 12.0. The van der Waals surface area contributed by atoms with Gasteiger partial charge >= 0.3 is 17.9 Å². The van der Waals surface area contributed by atoms with E-state index in [1.54, 1.807) is 74.4 Å². The summed E-state index contributed by atoms with van der Waals surface area (Å²) in [7, 11) is -4.76. The van der Waals surface area contributed by atoms with E-state index in [2.05, 4.69) is 22.2 Å². The fraction of sp³-hybridized carbons (Fsp3) is 0.235. The van der Waals surface area contributed by atoms with Crippen molar-refractivity contribution in [1.82, 2.24) is 10.1 Å². The highest BCUT2D eigenvalue weighted by atomic mass is 32.2. The first-order valence-corrected chi connectivity index (χ1v) is 19.1. The summed E-state index contributed by atoms with van der Waals surface area (Å²) < 4.78 is 54.2. The summed E-state index contributed by atoms with van der Waals surface area (Å²) in [6, 6.07) is 27.9. The van der Waals surface area contributed by atoms with Crippen LogP contribution in [0.25, 0.3) is 0 Å². The number of nitriles is 2. The Kier molecular flexibility index (Phi) is 12.6. The van der Waals surface area contributed by atoms with E-state index in [1.807, 2.05) is 12.1 Å². The molecule has 1 amide bonds. The highest BCUT2D eigenvalue weighted by Gasteiger charge is 2.34. The first-order valence-electron chi connectivity index (χ1n) is 14.9. The minimum atomic E-state index is -4.35. The maximum absolute atomic E-state index is 14.2. The van der Waals surface area contributed by atoms with E-state index in [4.69, 9.17) is 13.2 Å². The first-order chi connectivity index (χ1) is 23.4. The molecule has 0 spiro atoms. The zero-order valence-electron chi connectivity index (χ0n) is 27.2. The SMILES string of the molecule is CCc1c(C#N)c(SC(C(=O)NP(=O)(OCc2ccccc2)OCc2ccccc2)c2ccc(OS(C)(=O)=O)cc2)nc(N(C)C)c1C#N. The molecule has 1 aromatic heterocycles. The quantitative estimate of drug-likeness (QED) is 0.0829. The summed E-state index contributed by atoms with van der Waals surface area (Å²) >= 11 is 0.897. The van der Waals surface area contributed by atoms with Crippen molar-refractivity contribution in [2.24, 2.45) is 0 Å². The van der Waals surface area contributed by atoms with Gasteiger partial charge in [-0.05, 0) is 40.8 Å². The molecule has 0 radical (unpaired) electrons. The molecule has 254 valence electrons. The number of benzene rings is 3. The number of hydrogen-bond donors (Lipinski definition) is 1. The third-order valence-corrected chi connectivity index (χ3v) is 10.1. The van der Waals surface area contributed by atoms with Crippen molar-refractivity contribution in [2.45, 2.75) is 36.8 Å². The van der Waals surface area contributed by atoms with E-state index in [0.29, 0.717) is 34.5 Å². The Hall–Kier alpha value is -4.69. The van der Waals surface area contributed by atoms with Gasteiger partial charge in [-0.25, -0.2) is 9.55 Å². The van der Waals surface area contributed by atoms with Crippen LogP contribution < -0.4 is 14.2 Å². The lowest BCUT2D eigenvalue weighted by molar-refractivity contribution is -0.119. The van der Waals surface area contributed by atoms with Crippen LogP contribution in [0.3, 0.4) is 0 Å². The van der Waals surface area contributed by atoms with Crippen molar-refractivity contribution >= 4 is 41.4 Å². The molecule has 4 aromatic rings. The van der Waals surface area contributed by atoms with Crippen LogP contribution in [0.5, 0.6) is 5.75 Å². The van der Waals surface area contributed by atoms with Crippen LogP contribution in [-0.2, 0) is 48.2 Å². The maximum atomic E-state index is 14.2. The average molecular weight is 720 g/mol. The molecule has 0 aliphatic carbocycles. The molecule has 0 saturated carbocycles. The number of thioether (sulfide) groups is 1. The predicted octanol–water partition coefficient (Wildman–Crippen LogP) is 6.28. The lowest BCUT2D eigenvalue weighted by atomic mass is 10.0. The molecular formula is C34H34N5O7PS2. The summed E-state index contributed by atoms with van der Waals surface area (Å²) in [6.07, 6.45) is 1.25. The molecule has 15 heteroatoms. The summed E-state index contributed by atoms with van der Waals surface area (Å²) in [6.45, 7) is 1.54. The first kappa shape index (κ1) is 37.1. The monoisotopic (exact) mass is 719 g/mol. The number of amides is 1. The molecule has 0 fully saturated rings. The van der Waals surface area contributed by atoms with Gasteiger partial charge in [-0.2, -0.15) is 18.9 Å². The van der Waals surface area contributed by atoms with Gasteiger partial charge in [0.15, 0.2) is 0 Å². The number of carbonyl (C=O) groups excluding carboxylic acids is 1. The van der Waals surface area contributed by atoms with E-state index in [1.165, 1.54) is 24.3 Å². The highest BCUT2D eigenvalue weighted by Crippen LogP contribution is 2.48. The summed E-state index contributed by atoms with van der Waals surface area (Å²) in [4.78, 5) is 20.5. The van der Waals surface area contributed by atoms with E-state index in [9.17, 15) is 28.3 Å². The Morgan fingerprint density at radius 2 is 1.45 bits per heavy atom. The van der Waals surface area contributed by atoms with Crippen LogP contribution in [0.2, 0.25) is 0 Å². The average Bonchev–Trinajstić information content (AvgIpc) is 3.08. The van der Waals surface area contributed by atoms with E-state index in [0.717, 1.165) is 18.0 Å². The lowest BCUT2D eigenvalue weighted by Gasteiger charge is -2.24. The number of pyridine rings is 1. The second-order valence-corrected chi connectivity index (χ2v) is 15.2. The van der Waals surface area contributed by atoms with Gasteiger partial charge in [0.25, 0.3) is 0 Å². The standard InChI is InChI=1S/C34H34N5O7PS2/c1-5-28-29(20-35)32(39(2)3)37-34(30(28)21-36)48-31(26-16-18-27(19-17-26)46-49(4,42)43)33(40)38-47(41,44-22-24-12-8-6-9-13-24)45-23-25-14-10-7-11-15-25/h6-19,31H,5,22-23H2,1-4H3,(H,38,40,41). The molecular weight excluding hydrogens is 686 g/mol. The molecule has 0 bridgehead atoms. The van der Waals surface area contributed by atoms with Crippen LogP contribution in [0.1, 0.15) is 45.6 Å². The zero-order chi connectivity index (χ0) is 35.6. The predicted molar refractivity (Wildman–Crippen MR) is 186 cm³/mol. The molecule has 1 N–H and O–H groups in total. The minimum Gasteiger partial charge on any atom is -0.383 e. The minimum absolute atomic E-state index is 0.0100. The summed E-state index contributed by atoms with van der Waals surface area (Å²) in [5, 5.41) is 21.6. The van der Waals surface area contributed by atoms with Crippen LogP contribution >= 0.6 is 19.5 Å². The number of nitrogens with zero attached hydrogens (tertiary/aromatic N) is 4. The Morgan fingerprint density at radius 3 is 1.90 bits per heavy atom. The Morgan fingerprint density at radius 1 is 0.918 bits per heavy atom. The second kappa shape index (κ2) is 16.6. The molecule has 0 saturated heterocycles. The number of aromatic nitrogens is 1. The van der Waals surface area contributed by atoms with Crippen molar-refractivity contribution in [3.05, 3.63) is 118 Å². The van der Waals surface area contributed by atoms with Gasteiger partial charge in [-0.15, -0.1) is 0 Å². The van der Waals surface area contributed by atoms with Gasteiger partial charge in [-0.3, -0.25) is 18.9 Å². The number of nitrogens with one attached hydrogen (secondary N) is 1. The Balaban J connectivity index is 1.77. The highest BCUT2D eigenvalue weighted by molar-refractivity contribution is 8.00. The molecule has 0 aliphatic rings. The van der Waals surface area contributed by atoms with E-state index in [-0.39, 0.29) is 35.1 Å². The third kappa shape index (κ3) is 10.2. The van der Waals surface area contributed by atoms with Gasteiger partial charge < -0.3 is 9.08 Å². The fourth-order valence-corrected chi connectivity index (χ4v) is 7.51. The van der Waals surface area contributed by atoms with Crippen molar-refractivity contribution < 1.29 is 31.0 Å². The Labute approximate surface area is 290 Å². The molecule has 3 aromatic carbocycles. The van der Waals surface area contributed by atoms with Crippen molar-refractivity contribution in [2.75, 3.05) is 25.3 Å². The van der Waals surface area contributed by atoms with Crippen LogP contribution in [0.15, 0.2) is 90.0 Å². The van der Waals surface area contributed by atoms with E-state index >= 15 is 0 Å². The molecule has 12 nitrogen and oxygen atoms in total. The molecule has 4 rings (SSSR count). The van der Waals surface area contributed by atoms with Gasteiger partial charge in [0.2, 0.25) is 5.91 Å². The smallest absolute Gasteiger partial charge is 0.383 e. The second-order valence-electron chi connectivity index (χ2n) is 10.8. The molecule has 49 heavy (non-hydrogen) atoms. The number of rotatable bonds is 15. The van der Waals surface area contributed by atoms with Crippen molar-refractivity contribution in [3.63, 3.8) is 0 Å². The topological polar surface area (TPSA) is 172 Å². The third-order valence-electron chi connectivity index (χ3n) is 6.88. The van der Waals surface area contributed by atoms with E-state index < -0.39 is 29.0 Å². The maximum Gasteiger partial charge on any atom is 0.435 e. The van der Waals surface area contributed by atoms with Gasteiger partial charge in [0.1, 0.15) is 34.0 Å². The van der Waals surface area contributed by atoms with Gasteiger partial charge in [0, 0.05) is 14.1 Å². The van der Waals surface area contributed by atoms with Crippen molar-refractivity contribution in [3.8, 4) is 17.9 Å². The van der Waals surface area contributed by atoms with Crippen LogP contribution in [0, 0.1) is 22.7 Å². The largest absolute Gasteiger partial charge is 0.435 e. The zero-order valence-corrected chi connectivity index (χ0v) is 29.7.